The second-order valence-corrected chi connectivity index (χ2v) is 7.90. The lowest BCUT2D eigenvalue weighted by molar-refractivity contribution is -0.145. The van der Waals surface area contributed by atoms with Crippen LogP contribution >= 0.6 is 22.6 Å². The summed E-state index contributed by atoms with van der Waals surface area (Å²) in [4.78, 5) is 36.1. The van der Waals surface area contributed by atoms with Crippen LogP contribution in [0.1, 0.15) is 17.5 Å². The Morgan fingerprint density at radius 2 is 1.74 bits per heavy atom. The van der Waals surface area contributed by atoms with Gasteiger partial charge in [0.25, 0.3) is 0 Å². The highest BCUT2D eigenvalue weighted by Crippen LogP contribution is 2.14. The van der Waals surface area contributed by atoms with Gasteiger partial charge in [0.05, 0.1) is 19.6 Å². The maximum Gasteiger partial charge on any atom is 0.407 e. The Hall–Kier alpha value is -2.66. The van der Waals surface area contributed by atoms with Crippen molar-refractivity contribution in [2.75, 3.05) is 13.7 Å². The molecule has 0 saturated carbocycles. The highest BCUT2D eigenvalue weighted by Gasteiger charge is 2.24. The molecule has 0 heterocycles. The first-order valence-electron chi connectivity index (χ1n) is 9.62. The van der Waals surface area contributed by atoms with E-state index in [-0.39, 0.29) is 26.0 Å². The molecule has 8 nitrogen and oxygen atoms in total. The predicted octanol–water partition coefficient (Wildman–Crippen LogP) is 2.17. The van der Waals surface area contributed by atoms with E-state index in [2.05, 4.69) is 33.2 Å². The average molecular weight is 540 g/mol. The summed E-state index contributed by atoms with van der Waals surface area (Å²) >= 11 is 2.15. The van der Waals surface area contributed by atoms with E-state index in [4.69, 9.17) is 9.47 Å². The Bertz CT molecular complexity index is 877. The zero-order valence-electron chi connectivity index (χ0n) is 17.0. The fourth-order valence-electron chi connectivity index (χ4n) is 2.73. The van der Waals surface area contributed by atoms with E-state index in [1.54, 1.807) is 0 Å². The van der Waals surface area contributed by atoms with E-state index >= 15 is 0 Å². The van der Waals surface area contributed by atoms with Crippen molar-refractivity contribution in [2.45, 2.75) is 31.6 Å². The molecule has 2 rings (SSSR count). The smallest absolute Gasteiger partial charge is 0.407 e. The van der Waals surface area contributed by atoms with Crippen LogP contribution in [0.15, 0.2) is 54.6 Å². The summed E-state index contributed by atoms with van der Waals surface area (Å²) < 4.78 is 10.8. The minimum atomic E-state index is -1.14. The van der Waals surface area contributed by atoms with Crippen molar-refractivity contribution in [2.24, 2.45) is 0 Å². The van der Waals surface area contributed by atoms with Crippen molar-refractivity contribution in [1.29, 1.82) is 0 Å². The van der Waals surface area contributed by atoms with E-state index in [1.807, 2.05) is 54.6 Å². The minimum Gasteiger partial charge on any atom is -0.467 e. The molecule has 0 fully saturated rings. The lowest BCUT2D eigenvalue weighted by atomic mass is 10.1. The van der Waals surface area contributed by atoms with Crippen LogP contribution in [0, 0.1) is 3.57 Å². The molecule has 0 aliphatic rings. The number of methoxy groups -OCH3 is 1. The summed E-state index contributed by atoms with van der Waals surface area (Å²) in [5.41, 5.74) is 1.72. The summed E-state index contributed by atoms with van der Waals surface area (Å²) in [6.07, 6.45) is -1.87. The van der Waals surface area contributed by atoms with Crippen molar-refractivity contribution < 1.29 is 29.0 Å². The Balaban J connectivity index is 1.78. The van der Waals surface area contributed by atoms with Crippen molar-refractivity contribution in [3.8, 4) is 0 Å². The maximum absolute atomic E-state index is 12.3. The van der Waals surface area contributed by atoms with Crippen LogP contribution in [0.4, 0.5) is 4.79 Å². The number of aliphatic hydroxyl groups excluding tert-OH is 1. The Kier molecular flexibility index (Phi) is 10.2. The van der Waals surface area contributed by atoms with Gasteiger partial charge in [-0.05, 0) is 39.8 Å². The fraction of sp³-hybridized carbons (Fsp3) is 0.318. The van der Waals surface area contributed by atoms with Crippen LogP contribution in [0.3, 0.4) is 0 Å². The van der Waals surface area contributed by atoms with Crippen LogP contribution in [-0.4, -0.2) is 48.9 Å². The molecule has 0 aliphatic carbocycles. The van der Waals surface area contributed by atoms with Gasteiger partial charge in [-0.3, -0.25) is 4.79 Å². The molecule has 0 bridgehead atoms. The summed E-state index contributed by atoms with van der Waals surface area (Å²) in [5, 5.41) is 15.0. The van der Waals surface area contributed by atoms with E-state index < -0.39 is 30.1 Å². The Labute approximate surface area is 194 Å². The Morgan fingerprint density at radius 3 is 2.42 bits per heavy atom. The summed E-state index contributed by atoms with van der Waals surface area (Å²) in [6, 6.07) is 15.8. The minimum absolute atomic E-state index is 0.0996. The topological polar surface area (TPSA) is 114 Å². The quantitative estimate of drug-likeness (QED) is 0.315. The highest BCUT2D eigenvalue weighted by molar-refractivity contribution is 14.1. The molecular formula is C22H25IN2O6. The molecule has 0 spiro atoms. The predicted molar refractivity (Wildman–Crippen MR) is 122 cm³/mol. The van der Waals surface area contributed by atoms with Crippen LogP contribution < -0.4 is 10.6 Å². The molecule has 2 aromatic carbocycles. The molecule has 2 aromatic rings. The number of alkyl carbamates (subject to hydrolysis) is 1. The molecule has 0 radical (unpaired) electrons. The highest BCUT2D eigenvalue weighted by atomic mass is 127. The fourth-order valence-corrected chi connectivity index (χ4v) is 3.34. The van der Waals surface area contributed by atoms with Crippen LogP contribution in [-0.2, 0) is 32.1 Å². The molecule has 2 unspecified atom stereocenters. The third kappa shape index (κ3) is 8.93. The van der Waals surface area contributed by atoms with Gasteiger partial charge in [0.1, 0.15) is 12.6 Å². The summed E-state index contributed by atoms with van der Waals surface area (Å²) in [7, 11) is 1.25. The third-order valence-electron chi connectivity index (χ3n) is 4.32. The zero-order chi connectivity index (χ0) is 22.6. The number of hydrogen-bond acceptors (Lipinski definition) is 6. The van der Waals surface area contributed by atoms with Crippen LogP contribution in [0.5, 0.6) is 0 Å². The van der Waals surface area contributed by atoms with Crippen molar-refractivity contribution in [3.63, 3.8) is 0 Å². The third-order valence-corrected chi connectivity index (χ3v) is 5.37. The first kappa shape index (κ1) is 24.6. The number of rotatable bonds is 10. The zero-order valence-corrected chi connectivity index (χ0v) is 19.2. The van der Waals surface area contributed by atoms with Crippen LogP contribution in [0.25, 0.3) is 0 Å². The number of ether oxygens (including phenoxy) is 2. The van der Waals surface area contributed by atoms with E-state index in [9.17, 15) is 19.5 Å². The summed E-state index contributed by atoms with van der Waals surface area (Å²) in [5.74, 6) is -1.11. The molecule has 166 valence electrons. The van der Waals surface area contributed by atoms with Gasteiger partial charge < -0.3 is 25.2 Å². The van der Waals surface area contributed by atoms with E-state index in [0.717, 1.165) is 14.7 Å². The van der Waals surface area contributed by atoms with Gasteiger partial charge in [-0.25, -0.2) is 9.59 Å². The number of aliphatic hydroxyl groups is 1. The standard InChI is InChI=1S/C22H25IN2O6/c1-30-21(28)19(11-16-9-5-6-10-18(16)23)25-20(27)12-17(26)13-24-22(29)31-14-15-7-3-2-4-8-15/h2-10,17,19,26H,11-14H2,1H3,(H,24,29)(H,25,27). The van der Waals surface area contributed by atoms with Gasteiger partial charge in [-0.15, -0.1) is 0 Å². The molecule has 0 saturated heterocycles. The monoisotopic (exact) mass is 540 g/mol. The molecule has 0 aliphatic heterocycles. The van der Waals surface area contributed by atoms with Crippen molar-refractivity contribution in [3.05, 3.63) is 69.3 Å². The first-order valence-corrected chi connectivity index (χ1v) is 10.7. The number of amides is 2. The van der Waals surface area contributed by atoms with Gasteiger partial charge in [0, 0.05) is 16.5 Å². The van der Waals surface area contributed by atoms with Crippen LogP contribution in [0.2, 0.25) is 0 Å². The molecule has 31 heavy (non-hydrogen) atoms. The normalized spacial score (nSPS) is 12.4. The second-order valence-electron chi connectivity index (χ2n) is 6.74. The second kappa shape index (κ2) is 12.9. The van der Waals surface area contributed by atoms with Gasteiger partial charge in [0.2, 0.25) is 5.91 Å². The first-order chi connectivity index (χ1) is 14.9. The average Bonchev–Trinajstić information content (AvgIpc) is 2.77. The Morgan fingerprint density at radius 1 is 1.06 bits per heavy atom. The number of benzene rings is 2. The largest absolute Gasteiger partial charge is 0.467 e. The number of carbonyl (C=O) groups is 3. The molecule has 9 heteroatoms. The van der Waals surface area contributed by atoms with Crippen molar-refractivity contribution in [1.82, 2.24) is 10.6 Å². The molecule has 3 N–H and O–H groups in total. The van der Waals surface area contributed by atoms with Gasteiger partial charge >= 0.3 is 12.1 Å². The van der Waals surface area contributed by atoms with Gasteiger partial charge in [-0.1, -0.05) is 48.5 Å². The van der Waals surface area contributed by atoms with Gasteiger partial charge in [0.15, 0.2) is 0 Å². The maximum atomic E-state index is 12.3. The molecule has 2 amide bonds. The molecular weight excluding hydrogens is 515 g/mol. The lowest BCUT2D eigenvalue weighted by Gasteiger charge is -2.18. The number of halogens is 1. The lowest BCUT2D eigenvalue weighted by Crippen LogP contribution is -2.45. The summed E-state index contributed by atoms with van der Waals surface area (Å²) in [6.45, 7) is -0.0666. The number of hydrogen-bond donors (Lipinski definition) is 3. The molecule has 2 atom stereocenters. The number of nitrogens with one attached hydrogen (secondary N) is 2. The number of carbonyl (C=O) groups excluding carboxylic acids is 3. The van der Waals surface area contributed by atoms with Gasteiger partial charge in [-0.2, -0.15) is 0 Å². The molecule has 0 aromatic heterocycles. The number of esters is 1. The van der Waals surface area contributed by atoms with E-state index in [1.165, 1.54) is 7.11 Å². The van der Waals surface area contributed by atoms with E-state index in [0.29, 0.717) is 0 Å². The van der Waals surface area contributed by atoms with Crippen molar-refractivity contribution >= 4 is 40.6 Å². The SMILES string of the molecule is COC(=O)C(Cc1ccccc1I)NC(=O)CC(O)CNC(=O)OCc1ccccc1.